The number of carbonyl (C=O) groups is 1. The van der Waals surface area contributed by atoms with Crippen LogP contribution in [-0.2, 0) is 13.1 Å². The van der Waals surface area contributed by atoms with Gasteiger partial charge in [0.2, 0.25) is 0 Å². The summed E-state index contributed by atoms with van der Waals surface area (Å²) in [7, 11) is 0. The molecule has 152 valence electrons. The molecule has 4 rings (SSSR count). The molecular formula is C22H22N6O2. The molecule has 0 radical (unpaired) electrons. The lowest BCUT2D eigenvalue weighted by molar-refractivity contribution is 0.0945. The molecule has 2 N–H and O–H groups in total. The maximum Gasteiger partial charge on any atom is 0.270 e. The number of hydrogen-bond donors (Lipinski definition) is 2. The second-order valence-corrected chi connectivity index (χ2v) is 6.82. The molecule has 0 unspecified atom stereocenters. The Morgan fingerprint density at radius 2 is 2.00 bits per heavy atom. The molecule has 0 saturated heterocycles. The van der Waals surface area contributed by atoms with Crippen molar-refractivity contribution in [2.45, 2.75) is 26.4 Å². The number of allylic oxidation sites excluding steroid dienone is 1. The molecule has 0 saturated carbocycles. The fourth-order valence-electron chi connectivity index (χ4n) is 3.09. The van der Waals surface area contributed by atoms with E-state index in [9.17, 15) is 9.59 Å². The van der Waals surface area contributed by atoms with E-state index in [4.69, 9.17) is 0 Å². The summed E-state index contributed by atoms with van der Waals surface area (Å²) in [5.74, 6) is -0.414. The molecule has 0 bridgehead atoms. The van der Waals surface area contributed by atoms with Gasteiger partial charge in [-0.25, -0.2) is 9.97 Å². The minimum atomic E-state index is -0.414. The van der Waals surface area contributed by atoms with E-state index in [2.05, 4.69) is 33.6 Å². The van der Waals surface area contributed by atoms with E-state index in [1.807, 2.05) is 35.1 Å². The Morgan fingerprint density at radius 3 is 2.87 bits per heavy atom. The summed E-state index contributed by atoms with van der Waals surface area (Å²) in [6.07, 6.45) is 10.5. The van der Waals surface area contributed by atoms with Crippen molar-refractivity contribution in [3.8, 4) is 0 Å². The zero-order chi connectivity index (χ0) is 20.9. The van der Waals surface area contributed by atoms with Crippen molar-refractivity contribution in [3.05, 3.63) is 94.6 Å². The van der Waals surface area contributed by atoms with Crippen molar-refractivity contribution < 1.29 is 4.79 Å². The van der Waals surface area contributed by atoms with Crippen molar-refractivity contribution in [3.63, 3.8) is 0 Å². The lowest BCUT2D eigenvalue weighted by Gasteiger charge is -2.04. The second kappa shape index (κ2) is 8.60. The monoisotopic (exact) mass is 402 g/mol. The fourth-order valence-corrected chi connectivity index (χ4v) is 3.09. The van der Waals surface area contributed by atoms with Gasteiger partial charge in [-0.2, -0.15) is 0 Å². The summed E-state index contributed by atoms with van der Waals surface area (Å²) in [6, 6.07) is 10.4. The zero-order valence-electron chi connectivity index (χ0n) is 16.6. The molecule has 4 aromatic rings. The topological polar surface area (TPSA) is 92.8 Å². The first-order valence-electron chi connectivity index (χ1n) is 9.75. The van der Waals surface area contributed by atoms with Crippen molar-refractivity contribution in [2.24, 2.45) is 0 Å². The predicted octanol–water partition coefficient (Wildman–Crippen LogP) is 2.29. The molecule has 8 nitrogen and oxygen atoms in total. The molecule has 4 heterocycles. The van der Waals surface area contributed by atoms with E-state index in [-0.39, 0.29) is 17.8 Å². The Labute approximate surface area is 172 Å². The first kappa shape index (κ1) is 19.4. The summed E-state index contributed by atoms with van der Waals surface area (Å²) in [5.41, 5.74) is 2.86. The van der Waals surface area contributed by atoms with Crippen LogP contribution in [0.2, 0.25) is 0 Å². The molecule has 0 fully saturated rings. The van der Waals surface area contributed by atoms with Gasteiger partial charge in [0.05, 0.1) is 12.2 Å². The van der Waals surface area contributed by atoms with Crippen molar-refractivity contribution in [2.75, 3.05) is 0 Å². The van der Waals surface area contributed by atoms with Gasteiger partial charge in [-0.15, -0.1) is 0 Å². The molecule has 0 aliphatic rings. The number of pyridine rings is 2. The van der Waals surface area contributed by atoms with Gasteiger partial charge in [0.25, 0.3) is 11.5 Å². The van der Waals surface area contributed by atoms with E-state index in [0.29, 0.717) is 5.65 Å². The predicted molar refractivity (Wildman–Crippen MR) is 114 cm³/mol. The summed E-state index contributed by atoms with van der Waals surface area (Å²) in [4.78, 5) is 33.4. The molecule has 0 aliphatic heterocycles. The van der Waals surface area contributed by atoms with Gasteiger partial charge >= 0.3 is 0 Å². The molecule has 0 aliphatic carbocycles. The molecular weight excluding hydrogens is 380 g/mol. The van der Waals surface area contributed by atoms with Crippen LogP contribution in [0.15, 0.2) is 72.1 Å². The summed E-state index contributed by atoms with van der Waals surface area (Å²) >= 11 is 0. The number of fused-ring (bicyclic) bond motifs is 2. The maximum absolute atomic E-state index is 12.5. The van der Waals surface area contributed by atoms with Crippen LogP contribution in [0.5, 0.6) is 0 Å². The van der Waals surface area contributed by atoms with E-state index in [1.54, 1.807) is 24.4 Å². The van der Waals surface area contributed by atoms with E-state index in [1.165, 1.54) is 10.5 Å². The number of nitrogens with one attached hydrogen (secondary N) is 2. The number of amides is 1. The third kappa shape index (κ3) is 4.22. The van der Waals surface area contributed by atoms with Crippen LogP contribution < -0.4 is 16.2 Å². The van der Waals surface area contributed by atoms with Gasteiger partial charge < -0.3 is 15.0 Å². The van der Waals surface area contributed by atoms with Gasteiger partial charge in [-0.3, -0.25) is 14.0 Å². The van der Waals surface area contributed by atoms with Gasteiger partial charge in [0, 0.05) is 31.2 Å². The fraction of sp³-hybridized carbons (Fsp3) is 0.182. The first-order chi connectivity index (χ1) is 14.6. The molecule has 8 heteroatoms. The molecule has 0 aromatic carbocycles. The maximum atomic E-state index is 12.5. The SMILES string of the molecule is CC/C=C/NCc1ccc2nc(CNC(=O)c3cc(=O)n4ccccc4n3)cn2c1. The average molecular weight is 402 g/mol. The number of rotatable bonds is 7. The highest BCUT2D eigenvalue weighted by atomic mass is 16.2. The summed E-state index contributed by atoms with van der Waals surface area (Å²) in [6.45, 7) is 3.05. The largest absolute Gasteiger partial charge is 0.387 e. The van der Waals surface area contributed by atoms with Gasteiger partial charge in [0.1, 0.15) is 17.0 Å². The summed E-state index contributed by atoms with van der Waals surface area (Å²) in [5, 5.41) is 6.03. The van der Waals surface area contributed by atoms with Crippen LogP contribution in [0.25, 0.3) is 11.3 Å². The normalized spacial score (nSPS) is 11.4. The van der Waals surface area contributed by atoms with E-state index < -0.39 is 5.91 Å². The van der Waals surface area contributed by atoms with Crippen molar-refractivity contribution in [1.29, 1.82) is 0 Å². The third-order valence-electron chi connectivity index (χ3n) is 4.57. The highest BCUT2D eigenvalue weighted by Crippen LogP contribution is 2.08. The Morgan fingerprint density at radius 1 is 1.10 bits per heavy atom. The Bertz CT molecular complexity index is 1290. The Balaban J connectivity index is 1.45. The van der Waals surface area contributed by atoms with Gasteiger partial charge in [0.15, 0.2) is 0 Å². The molecule has 0 atom stereocenters. The van der Waals surface area contributed by atoms with E-state index in [0.717, 1.165) is 29.9 Å². The average Bonchev–Trinajstić information content (AvgIpc) is 3.17. The lowest BCUT2D eigenvalue weighted by Crippen LogP contribution is -2.27. The highest BCUT2D eigenvalue weighted by molar-refractivity contribution is 5.92. The van der Waals surface area contributed by atoms with Crippen LogP contribution in [0.1, 0.15) is 35.1 Å². The lowest BCUT2D eigenvalue weighted by atomic mass is 10.3. The summed E-state index contributed by atoms with van der Waals surface area (Å²) < 4.78 is 3.33. The number of hydrogen-bond acceptors (Lipinski definition) is 5. The second-order valence-electron chi connectivity index (χ2n) is 6.82. The van der Waals surface area contributed by atoms with Crippen LogP contribution in [0.4, 0.5) is 0 Å². The minimum Gasteiger partial charge on any atom is -0.387 e. The smallest absolute Gasteiger partial charge is 0.270 e. The van der Waals surface area contributed by atoms with Crippen LogP contribution in [0, 0.1) is 0 Å². The van der Waals surface area contributed by atoms with Gasteiger partial charge in [-0.1, -0.05) is 25.1 Å². The Hall–Kier alpha value is -3.94. The highest BCUT2D eigenvalue weighted by Gasteiger charge is 2.11. The molecule has 4 aromatic heterocycles. The minimum absolute atomic E-state index is 0.0865. The van der Waals surface area contributed by atoms with Gasteiger partial charge in [-0.05, 0) is 36.4 Å². The van der Waals surface area contributed by atoms with Crippen LogP contribution in [0.3, 0.4) is 0 Å². The first-order valence-corrected chi connectivity index (χ1v) is 9.75. The number of carbonyl (C=O) groups excluding carboxylic acids is 1. The molecule has 30 heavy (non-hydrogen) atoms. The number of aromatic nitrogens is 4. The van der Waals surface area contributed by atoms with Crippen molar-refractivity contribution in [1.82, 2.24) is 29.4 Å². The quantitative estimate of drug-likeness (QED) is 0.495. The zero-order valence-corrected chi connectivity index (χ0v) is 16.6. The Kier molecular flexibility index (Phi) is 5.56. The number of imidazole rings is 1. The van der Waals surface area contributed by atoms with Crippen LogP contribution >= 0.6 is 0 Å². The standard InChI is InChI=1S/C22H22N6O2/c1-2-3-9-23-12-16-7-8-19-25-17(15-27(19)14-16)13-24-22(30)18-11-21(29)28-10-5-4-6-20(28)26-18/h3-11,14-15,23H,2,12-13H2,1H3,(H,24,30)/b9-3+. The third-order valence-corrected chi connectivity index (χ3v) is 4.57. The van der Waals surface area contributed by atoms with Crippen LogP contribution in [-0.4, -0.2) is 24.7 Å². The number of nitrogens with zero attached hydrogens (tertiary/aromatic N) is 4. The molecule has 0 spiro atoms. The van der Waals surface area contributed by atoms with E-state index >= 15 is 0 Å². The molecule has 1 amide bonds. The van der Waals surface area contributed by atoms with Crippen molar-refractivity contribution >= 4 is 17.2 Å².